The summed E-state index contributed by atoms with van der Waals surface area (Å²) in [6.07, 6.45) is 61.2. The molecule has 0 spiro atoms. The Hall–Kier alpha value is -4.04. The molecule has 11 rings (SSSR count). The van der Waals surface area contributed by atoms with Crippen LogP contribution in [0, 0.1) is 29.6 Å². The quantitative estimate of drug-likeness (QED) is 0.268. The molecule has 0 amide bonds. The van der Waals surface area contributed by atoms with Gasteiger partial charge in [-0.3, -0.25) is 0 Å². The zero-order valence-electron chi connectivity index (χ0n) is 33.5. The Morgan fingerprint density at radius 2 is 1.54 bits per heavy atom. The van der Waals surface area contributed by atoms with Crippen LogP contribution in [-0.2, 0) is 0 Å². The van der Waals surface area contributed by atoms with Crippen LogP contribution in [0.1, 0.15) is 114 Å². The van der Waals surface area contributed by atoms with Gasteiger partial charge in [0.05, 0.1) is 6.04 Å². The first-order chi connectivity index (χ1) is 27.8. The monoisotopic (exact) mass is 738 g/mol. The van der Waals surface area contributed by atoms with Crippen molar-refractivity contribution in [3.63, 3.8) is 0 Å². The molecule has 288 valence electrons. The lowest BCUT2D eigenvalue weighted by atomic mass is 9.72. The van der Waals surface area contributed by atoms with Gasteiger partial charge in [-0.2, -0.15) is 0 Å². The van der Waals surface area contributed by atoms with E-state index in [1.165, 1.54) is 113 Å². The van der Waals surface area contributed by atoms with E-state index in [0.29, 0.717) is 59.7 Å². The molecule has 0 N–H and O–H groups in total. The normalized spacial score (nSPS) is 37.1. The standard InChI is InChI=1S/C54H62N2/c1-4-15-37(16-5-1)40-21-14-22-45(32-40)55-52-26-13-11-24-48(52)50-35-41(28-30-53(50)55)42-27-29-49-47-23-10-12-25-51(47)56(54(49)36-42)46-33-43(38-17-6-2-7-18-38)31-44(34-46)39-19-8-3-9-20-39/h4,6,10-12,15-17,19,21,23-25,27-32,35,38,42-43,46,48-50,52-54H,1-3,5,7-9,13-14,18,20,22,26,33-34,36H2. The van der Waals surface area contributed by atoms with Crippen molar-refractivity contribution in [3.05, 3.63) is 161 Å². The summed E-state index contributed by atoms with van der Waals surface area (Å²) in [5.41, 5.74) is 12.5. The molecular formula is C54H62N2. The average molecular weight is 739 g/mol. The van der Waals surface area contributed by atoms with Gasteiger partial charge in [-0.25, -0.2) is 0 Å². The molecule has 2 heteroatoms. The number of anilines is 1. The van der Waals surface area contributed by atoms with Gasteiger partial charge in [-0.05, 0) is 160 Å². The molecule has 1 aromatic rings. The van der Waals surface area contributed by atoms with E-state index in [0.717, 1.165) is 6.42 Å². The minimum Gasteiger partial charge on any atom is -0.364 e. The molecule has 56 heavy (non-hydrogen) atoms. The minimum absolute atomic E-state index is 0.456. The number of likely N-dealkylation sites (tertiary alicyclic amines) is 1. The second-order valence-electron chi connectivity index (χ2n) is 18.9. The molecule has 10 unspecified atom stereocenters. The van der Waals surface area contributed by atoms with E-state index in [4.69, 9.17) is 0 Å². The molecular weight excluding hydrogens is 677 g/mol. The SMILES string of the molecule is C1=CC(C2=CCCC(N3C4C=CC(C5C=CC6c7ccccc7N(C7CC(C8=CCCCC8)=CC(C8C=CCCC8)C7)C6C5)=CC4C4C=CCCC43)=C2)=CCC1. The molecule has 10 aliphatic rings. The number of hydrogen-bond donors (Lipinski definition) is 0. The molecule has 1 saturated heterocycles. The first-order valence-electron chi connectivity index (χ1n) is 23.0. The number of para-hydroxylation sites is 1. The van der Waals surface area contributed by atoms with Gasteiger partial charge in [-0.1, -0.05) is 109 Å². The summed E-state index contributed by atoms with van der Waals surface area (Å²) in [5, 5.41) is 0. The van der Waals surface area contributed by atoms with Crippen LogP contribution in [0.3, 0.4) is 0 Å². The highest BCUT2D eigenvalue weighted by Gasteiger charge is 2.49. The highest BCUT2D eigenvalue weighted by atomic mass is 15.2. The van der Waals surface area contributed by atoms with Crippen molar-refractivity contribution in [1.82, 2.24) is 4.90 Å². The van der Waals surface area contributed by atoms with Crippen LogP contribution in [0.15, 0.2) is 155 Å². The molecule has 10 atom stereocenters. The molecule has 2 heterocycles. The topological polar surface area (TPSA) is 6.48 Å². The number of benzene rings is 1. The Kier molecular flexibility index (Phi) is 9.44. The highest BCUT2D eigenvalue weighted by molar-refractivity contribution is 5.65. The molecule has 0 aromatic heterocycles. The lowest BCUT2D eigenvalue weighted by Crippen LogP contribution is -2.46. The van der Waals surface area contributed by atoms with E-state index in [2.05, 4.69) is 131 Å². The van der Waals surface area contributed by atoms with E-state index in [9.17, 15) is 0 Å². The number of fused-ring (bicyclic) bond motifs is 6. The van der Waals surface area contributed by atoms with Gasteiger partial charge in [0.15, 0.2) is 0 Å². The Labute approximate surface area is 337 Å². The molecule has 0 radical (unpaired) electrons. The van der Waals surface area contributed by atoms with Crippen molar-refractivity contribution >= 4 is 5.69 Å². The van der Waals surface area contributed by atoms with E-state index >= 15 is 0 Å². The fourth-order valence-electron chi connectivity index (χ4n) is 13.2. The van der Waals surface area contributed by atoms with Crippen molar-refractivity contribution in [2.24, 2.45) is 29.6 Å². The van der Waals surface area contributed by atoms with Gasteiger partial charge >= 0.3 is 0 Å². The maximum absolute atomic E-state index is 3.00. The first kappa shape index (κ1) is 35.1. The summed E-state index contributed by atoms with van der Waals surface area (Å²) in [6, 6.07) is 11.7. The average Bonchev–Trinajstić information content (AvgIpc) is 3.79. The predicted octanol–water partition coefficient (Wildman–Crippen LogP) is 13.1. The summed E-state index contributed by atoms with van der Waals surface area (Å²) in [5.74, 6) is 3.44. The summed E-state index contributed by atoms with van der Waals surface area (Å²) >= 11 is 0. The van der Waals surface area contributed by atoms with E-state index in [1.807, 2.05) is 0 Å². The third-order valence-corrected chi connectivity index (χ3v) is 15.7. The third kappa shape index (κ3) is 6.29. The summed E-state index contributed by atoms with van der Waals surface area (Å²) in [4.78, 5) is 5.90. The van der Waals surface area contributed by atoms with Crippen LogP contribution >= 0.6 is 0 Å². The summed E-state index contributed by atoms with van der Waals surface area (Å²) in [6.45, 7) is 0. The molecule has 1 aromatic carbocycles. The van der Waals surface area contributed by atoms with Crippen molar-refractivity contribution in [1.29, 1.82) is 0 Å². The van der Waals surface area contributed by atoms with E-state index in [-0.39, 0.29) is 0 Å². The molecule has 1 fully saturated rings. The van der Waals surface area contributed by atoms with Crippen molar-refractivity contribution < 1.29 is 0 Å². The molecule has 0 bridgehead atoms. The number of allylic oxidation sites excluding steroid dienone is 17. The van der Waals surface area contributed by atoms with Crippen molar-refractivity contribution in [3.8, 4) is 0 Å². The first-order valence-corrected chi connectivity index (χ1v) is 23.0. The van der Waals surface area contributed by atoms with Gasteiger partial charge < -0.3 is 9.80 Å². The van der Waals surface area contributed by atoms with Gasteiger partial charge in [-0.15, -0.1) is 0 Å². The Balaban J connectivity index is 0.889. The van der Waals surface area contributed by atoms with Gasteiger partial charge in [0, 0.05) is 53.2 Å². The molecule has 2 nitrogen and oxygen atoms in total. The minimum atomic E-state index is 0.456. The second-order valence-corrected chi connectivity index (χ2v) is 18.9. The van der Waals surface area contributed by atoms with Gasteiger partial charge in [0.2, 0.25) is 0 Å². The number of hydrogen-bond acceptors (Lipinski definition) is 2. The molecule has 0 saturated carbocycles. The Morgan fingerprint density at radius 1 is 0.589 bits per heavy atom. The lowest BCUT2D eigenvalue weighted by molar-refractivity contribution is 0.241. The Bertz CT molecular complexity index is 2050. The van der Waals surface area contributed by atoms with Crippen molar-refractivity contribution in [2.75, 3.05) is 4.90 Å². The fraction of sp³-hybridized carbons (Fsp3) is 0.481. The maximum atomic E-state index is 3.00. The van der Waals surface area contributed by atoms with E-state index in [1.54, 1.807) is 28.0 Å². The third-order valence-electron chi connectivity index (χ3n) is 15.7. The van der Waals surface area contributed by atoms with Crippen LogP contribution < -0.4 is 4.90 Å². The van der Waals surface area contributed by atoms with Crippen LogP contribution in [0.4, 0.5) is 5.69 Å². The largest absolute Gasteiger partial charge is 0.364 e. The predicted molar refractivity (Wildman–Crippen MR) is 234 cm³/mol. The maximum Gasteiger partial charge on any atom is 0.0545 e. The Morgan fingerprint density at radius 3 is 2.43 bits per heavy atom. The fourth-order valence-corrected chi connectivity index (χ4v) is 13.2. The van der Waals surface area contributed by atoms with Crippen LogP contribution in [0.5, 0.6) is 0 Å². The number of rotatable bonds is 6. The van der Waals surface area contributed by atoms with Gasteiger partial charge in [0.1, 0.15) is 0 Å². The van der Waals surface area contributed by atoms with Crippen molar-refractivity contribution in [2.45, 2.75) is 133 Å². The van der Waals surface area contributed by atoms with E-state index < -0.39 is 0 Å². The molecule has 8 aliphatic carbocycles. The lowest BCUT2D eigenvalue weighted by Gasteiger charge is -2.44. The highest BCUT2D eigenvalue weighted by Crippen LogP contribution is 2.53. The van der Waals surface area contributed by atoms with Gasteiger partial charge in [0.25, 0.3) is 0 Å². The van der Waals surface area contributed by atoms with Crippen LogP contribution in [-0.4, -0.2) is 29.1 Å². The summed E-state index contributed by atoms with van der Waals surface area (Å²) in [7, 11) is 0. The zero-order valence-corrected chi connectivity index (χ0v) is 33.5. The smallest absolute Gasteiger partial charge is 0.0545 e. The second kappa shape index (κ2) is 15.0. The van der Waals surface area contributed by atoms with Crippen LogP contribution in [0.25, 0.3) is 0 Å². The molecule has 2 aliphatic heterocycles. The zero-order chi connectivity index (χ0) is 37.0. The number of nitrogens with zero attached hydrogens (tertiary/aromatic N) is 2. The summed E-state index contributed by atoms with van der Waals surface area (Å²) < 4.78 is 0. The van der Waals surface area contributed by atoms with Crippen LogP contribution in [0.2, 0.25) is 0 Å².